The summed E-state index contributed by atoms with van der Waals surface area (Å²) in [5, 5.41) is 22.0. The van der Waals surface area contributed by atoms with Crippen molar-refractivity contribution in [1.82, 2.24) is 24.8 Å². The summed E-state index contributed by atoms with van der Waals surface area (Å²) in [6.45, 7) is -0.139. The second-order valence-corrected chi connectivity index (χ2v) is 5.33. The summed E-state index contributed by atoms with van der Waals surface area (Å²) in [7, 11) is 1.76. The van der Waals surface area contributed by atoms with Crippen LogP contribution in [0.5, 0.6) is 0 Å². The molecule has 0 saturated heterocycles. The summed E-state index contributed by atoms with van der Waals surface area (Å²) in [6.07, 6.45) is -0.990. The van der Waals surface area contributed by atoms with Crippen molar-refractivity contribution in [2.24, 2.45) is 7.05 Å². The summed E-state index contributed by atoms with van der Waals surface area (Å²) in [5.74, 6) is 0. The molecule has 6 nitrogen and oxygen atoms in total. The lowest BCUT2D eigenvalue weighted by molar-refractivity contribution is -0.139. The second kappa shape index (κ2) is 6.08. The van der Waals surface area contributed by atoms with Crippen LogP contribution in [0.1, 0.15) is 17.2 Å². The first-order valence-electron chi connectivity index (χ1n) is 7.08. The maximum Gasteiger partial charge on any atom is 0.416 e. The highest BCUT2D eigenvalue weighted by Crippen LogP contribution is 2.34. The van der Waals surface area contributed by atoms with Gasteiger partial charge in [0.05, 0.1) is 30.6 Å². The predicted molar refractivity (Wildman–Crippen MR) is 78.6 cm³/mol. The van der Waals surface area contributed by atoms with Gasteiger partial charge in [0.1, 0.15) is 5.69 Å². The average Bonchev–Trinajstić information content (AvgIpc) is 3.15. The Balaban J connectivity index is 1.81. The van der Waals surface area contributed by atoms with Gasteiger partial charge >= 0.3 is 6.18 Å². The molecule has 0 fully saturated rings. The van der Waals surface area contributed by atoms with E-state index >= 15 is 0 Å². The molecular formula is C15H14F3N5O. The standard InChI is InChI=1S/C15H14F3N5O/c1-22-7-10(6-19-22)13-8-23(21-20-13)9-14(24)11-4-2-3-5-12(11)15(16,17)18/h2-8,14,24H,9H2,1H3. The first-order chi connectivity index (χ1) is 11.3. The maximum atomic E-state index is 13.0. The van der Waals surface area contributed by atoms with Crippen molar-refractivity contribution in [1.29, 1.82) is 0 Å². The molecular weight excluding hydrogens is 323 g/mol. The molecule has 3 aromatic rings. The van der Waals surface area contributed by atoms with Gasteiger partial charge < -0.3 is 5.11 Å². The SMILES string of the molecule is Cn1cc(-c2cn(CC(O)c3ccccc3C(F)(F)F)nn2)cn1. The number of aliphatic hydroxyl groups is 1. The van der Waals surface area contributed by atoms with Gasteiger partial charge in [0.15, 0.2) is 0 Å². The lowest BCUT2D eigenvalue weighted by atomic mass is 10.0. The van der Waals surface area contributed by atoms with E-state index in [-0.39, 0.29) is 12.1 Å². The van der Waals surface area contributed by atoms with E-state index in [9.17, 15) is 18.3 Å². The van der Waals surface area contributed by atoms with Crippen LogP contribution in [-0.2, 0) is 19.8 Å². The number of aryl methyl sites for hydroxylation is 1. The Morgan fingerprint density at radius 3 is 2.62 bits per heavy atom. The van der Waals surface area contributed by atoms with E-state index < -0.39 is 17.8 Å². The minimum absolute atomic E-state index is 0.139. The zero-order valence-corrected chi connectivity index (χ0v) is 12.6. The number of nitrogens with zero attached hydrogens (tertiary/aromatic N) is 5. The molecule has 0 radical (unpaired) electrons. The maximum absolute atomic E-state index is 13.0. The van der Waals surface area contributed by atoms with Gasteiger partial charge in [0, 0.05) is 18.8 Å². The molecule has 0 aliphatic rings. The third-order valence-electron chi connectivity index (χ3n) is 3.52. The van der Waals surface area contributed by atoms with Crippen molar-refractivity contribution in [3.05, 3.63) is 54.0 Å². The molecule has 1 aromatic carbocycles. The van der Waals surface area contributed by atoms with Gasteiger partial charge in [-0.25, -0.2) is 4.68 Å². The van der Waals surface area contributed by atoms with Gasteiger partial charge in [0.25, 0.3) is 0 Å². The summed E-state index contributed by atoms with van der Waals surface area (Å²) in [6, 6.07) is 4.94. The number of hydrogen-bond acceptors (Lipinski definition) is 4. The lowest BCUT2D eigenvalue weighted by Gasteiger charge is -2.17. The fourth-order valence-electron chi connectivity index (χ4n) is 2.39. The lowest BCUT2D eigenvalue weighted by Crippen LogP contribution is -2.15. The highest BCUT2D eigenvalue weighted by Gasteiger charge is 2.34. The number of rotatable bonds is 4. The van der Waals surface area contributed by atoms with Gasteiger partial charge in [-0.3, -0.25) is 4.68 Å². The molecule has 126 valence electrons. The Morgan fingerprint density at radius 1 is 1.21 bits per heavy atom. The molecule has 0 bridgehead atoms. The third kappa shape index (κ3) is 3.30. The van der Waals surface area contributed by atoms with Gasteiger partial charge in [-0.2, -0.15) is 18.3 Å². The van der Waals surface area contributed by atoms with Gasteiger partial charge in [0.2, 0.25) is 0 Å². The molecule has 24 heavy (non-hydrogen) atoms. The molecule has 1 N–H and O–H groups in total. The summed E-state index contributed by atoms with van der Waals surface area (Å²) >= 11 is 0. The topological polar surface area (TPSA) is 68.8 Å². The number of benzene rings is 1. The van der Waals surface area contributed by atoms with Gasteiger partial charge in [-0.15, -0.1) is 5.10 Å². The number of halogens is 3. The van der Waals surface area contributed by atoms with Crippen LogP contribution in [0.15, 0.2) is 42.9 Å². The van der Waals surface area contributed by atoms with Crippen LogP contribution in [0.2, 0.25) is 0 Å². The molecule has 9 heteroatoms. The number of aromatic nitrogens is 5. The molecule has 1 atom stereocenters. The van der Waals surface area contributed by atoms with Crippen LogP contribution < -0.4 is 0 Å². The first kappa shape index (κ1) is 16.2. The van der Waals surface area contributed by atoms with Gasteiger partial charge in [-0.05, 0) is 11.6 Å². The van der Waals surface area contributed by atoms with Crippen LogP contribution in [0, 0.1) is 0 Å². The Morgan fingerprint density at radius 2 is 1.96 bits per heavy atom. The molecule has 3 rings (SSSR count). The minimum atomic E-state index is -4.53. The molecule has 1 unspecified atom stereocenters. The number of aliphatic hydroxyl groups excluding tert-OH is 1. The Kier molecular flexibility index (Phi) is 4.10. The van der Waals surface area contributed by atoms with Crippen molar-refractivity contribution in [2.45, 2.75) is 18.8 Å². The molecule has 2 aromatic heterocycles. The molecule has 0 saturated carbocycles. The largest absolute Gasteiger partial charge is 0.416 e. The van der Waals surface area contributed by atoms with E-state index in [0.29, 0.717) is 5.69 Å². The van der Waals surface area contributed by atoms with Crippen LogP contribution in [0.25, 0.3) is 11.3 Å². The van der Waals surface area contributed by atoms with Crippen molar-refractivity contribution in [2.75, 3.05) is 0 Å². The van der Waals surface area contributed by atoms with E-state index in [1.54, 1.807) is 30.3 Å². The van der Waals surface area contributed by atoms with E-state index in [2.05, 4.69) is 15.4 Å². The van der Waals surface area contributed by atoms with E-state index in [1.807, 2.05) is 0 Å². The van der Waals surface area contributed by atoms with E-state index in [0.717, 1.165) is 11.6 Å². The third-order valence-corrected chi connectivity index (χ3v) is 3.52. The Hall–Kier alpha value is -2.68. The predicted octanol–water partition coefficient (Wildman–Crippen LogP) is 2.43. The molecule has 0 aliphatic carbocycles. The smallest absolute Gasteiger partial charge is 0.386 e. The Bertz CT molecular complexity index is 840. The number of hydrogen-bond donors (Lipinski definition) is 1. The summed E-state index contributed by atoms with van der Waals surface area (Å²) in [4.78, 5) is 0. The zero-order valence-electron chi connectivity index (χ0n) is 12.6. The highest BCUT2D eigenvalue weighted by molar-refractivity contribution is 5.54. The molecule has 0 amide bonds. The fraction of sp³-hybridized carbons (Fsp3) is 0.267. The molecule has 0 spiro atoms. The fourth-order valence-corrected chi connectivity index (χ4v) is 2.39. The average molecular weight is 337 g/mol. The van der Waals surface area contributed by atoms with Gasteiger partial charge in [-0.1, -0.05) is 23.4 Å². The molecule has 2 heterocycles. The summed E-state index contributed by atoms with van der Waals surface area (Å²) in [5.41, 5.74) is 0.210. The van der Waals surface area contributed by atoms with Crippen LogP contribution in [0.3, 0.4) is 0 Å². The second-order valence-electron chi connectivity index (χ2n) is 5.33. The summed E-state index contributed by atoms with van der Waals surface area (Å²) < 4.78 is 42.0. The van der Waals surface area contributed by atoms with E-state index in [4.69, 9.17) is 0 Å². The van der Waals surface area contributed by atoms with Crippen molar-refractivity contribution in [3.8, 4) is 11.3 Å². The zero-order chi connectivity index (χ0) is 17.3. The van der Waals surface area contributed by atoms with Crippen LogP contribution >= 0.6 is 0 Å². The first-order valence-corrected chi connectivity index (χ1v) is 7.08. The monoisotopic (exact) mass is 337 g/mol. The highest BCUT2D eigenvalue weighted by atomic mass is 19.4. The molecule has 0 aliphatic heterocycles. The van der Waals surface area contributed by atoms with E-state index in [1.165, 1.54) is 22.9 Å². The minimum Gasteiger partial charge on any atom is -0.386 e. The number of alkyl halides is 3. The van der Waals surface area contributed by atoms with Crippen LogP contribution in [-0.4, -0.2) is 29.9 Å². The Labute approximate surface area is 135 Å². The van der Waals surface area contributed by atoms with Crippen molar-refractivity contribution >= 4 is 0 Å². The normalized spacial score (nSPS) is 13.2. The van der Waals surface area contributed by atoms with Crippen molar-refractivity contribution < 1.29 is 18.3 Å². The van der Waals surface area contributed by atoms with Crippen molar-refractivity contribution in [3.63, 3.8) is 0 Å². The van der Waals surface area contributed by atoms with Crippen LogP contribution in [0.4, 0.5) is 13.2 Å². The quantitative estimate of drug-likeness (QED) is 0.794.